The van der Waals surface area contributed by atoms with Gasteiger partial charge in [-0.2, -0.15) is 13.2 Å². The van der Waals surface area contributed by atoms with Gasteiger partial charge in [0, 0.05) is 18.7 Å². The second kappa shape index (κ2) is 8.57. The Morgan fingerprint density at radius 1 is 1.21 bits per heavy atom. The van der Waals surface area contributed by atoms with Crippen LogP contribution >= 0.6 is 0 Å². The predicted octanol–water partition coefficient (Wildman–Crippen LogP) is 3.47. The highest BCUT2D eigenvalue weighted by atomic mass is 19.4. The lowest BCUT2D eigenvalue weighted by molar-refractivity contribution is -0.383. The van der Waals surface area contributed by atoms with Gasteiger partial charge in [0.05, 0.1) is 22.8 Å². The smallest absolute Gasteiger partial charge is 0.416 e. The minimum Gasteiger partial charge on any atom is -0.489 e. The second-order valence-corrected chi connectivity index (χ2v) is 5.53. The van der Waals surface area contributed by atoms with Crippen molar-refractivity contribution in [1.29, 1.82) is 0 Å². The van der Waals surface area contributed by atoms with E-state index in [4.69, 9.17) is 15.2 Å². The van der Waals surface area contributed by atoms with Gasteiger partial charge in [0.15, 0.2) is 0 Å². The molecule has 0 bridgehead atoms. The Balaban J connectivity index is 2.35. The molecule has 0 spiro atoms. The van der Waals surface area contributed by atoms with Crippen LogP contribution in [0, 0.1) is 10.1 Å². The highest BCUT2D eigenvalue weighted by Crippen LogP contribution is 2.35. The average molecular weight is 399 g/mol. The van der Waals surface area contributed by atoms with Crippen LogP contribution in [0.4, 0.5) is 30.2 Å². The van der Waals surface area contributed by atoms with Crippen molar-refractivity contribution in [3.63, 3.8) is 0 Å². The fraction of sp³-hybridized carbons (Fsp3) is 0.235. The van der Waals surface area contributed by atoms with E-state index < -0.39 is 28.3 Å². The minimum absolute atomic E-state index is 0.0108. The molecule has 0 aliphatic rings. The molecule has 2 aromatic rings. The first kappa shape index (κ1) is 21.0. The number of nitrogens with two attached hydrogens (primary N) is 1. The molecule has 0 saturated heterocycles. The van der Waals surface area contributed by atoms with Crippen LogP contribution in [0.25, 0.3) is 0 Å². The van der Waals surface area contributed by atoms with Crippen LogP contribution in [0.5, 0.6) is 5.75 Å². The topological polar surface area (TPSA) is 117 Å². The molecule has 0 unspecified atom stereocenters. The Hall–Kier alpha value is -3.34. The molecule has 8 nitrogen and oxygen atoms in total. The number of alkyl halides is 3. The predicted molar refractivity (Wildman–Crippen MR) is 94.3 cm³/mol. The number of ether oxygens (including phenoxy) is 2. The fourth-order valence-corrected chi connectivity index (χ4v) is 2.20. The Bertz CT molecular complexity index is 887. The zero-order valence-corrected chi connectivity index (χ0v) is 14.6. The molecular formula is C17H16F3N3O5. The quantitative estimate of drug-likeness (QED) is 0.319. The first-order valence-electron chi connectivity index (χ1n) is 7.81. The van der Waals surface area contributed by atoms with Crippen molar-refractivity contribution < 1.29 is 32.4 Å². The highest BCUT2D eigenvalue weighted by molar-refractivity contribution is 6.05. The van der Waals surface area contributed by atoms with Crippen LogP contribution in [0.3, 0.4) is 0 Å². The first-order chi connectivity index (χ1) is 13.1. The number of carbonyl (C=O) groups excluding carboxylic acids is 1. The summed E-state index contributed by atoms with van der Waals surface area (Å²) in [6.45, 7) is 0.219. The van der Waals surface area contributed by atoms with E-state index in [0.717, 1.165) is 24.3 Å². The number of carbonyl (C=O) groups is 1. The SMILES string of the molecule is COCCOc1ccc(C(F)(F)F)cc1NC(=O)c1ccc(N)c([N+](=O)[O-])c1. The molecule has 0 aliphatic carbocycles. The van der Waals surface area contributed by atoms with Crippen molar-refractivity contribution in [2.75, 3.05) is 31.4 Å². The zero-order valence-electron chi connectivity index (χ0n) is 14.6. The number of methoxy groups -OCH3 is 1. The summed E-state index contributed by atoms with van der Waals surface area (Å²) in [5.41, 5.74) is 3.44. The van der Waals surface area contributed by atoms with Gasteiger partial charge in [-0.3, -0.25) is 14.9 Å². The summed E-state index contributed by atoms with van der Waals surface area (Å²) >= 11 is 0. The molecular weight excluding hydrogens is 383 g/mol. The molecule has 0 aromatic heterocycles. The van der Waals surface area contributed by atoms with Crippen LogP contribution in [0.1, 0.15) is 15.9 Å². The average Bonchev–Trinajstić information content (AvgIpc) is 2.62. The van der Waals surface area contributed by atoms with Gasteiger partial charge in [0.25, 0.3) is 11.6 Å². The molecule has 0 radical (unpaired) electrons. The molecule has 150 valence electrons. The van der Waals surface area contributed by atoms with Gasteiger partial charge in [-0.15, -0.1) is 0 Å². The Morgan fingerprint density at radius 3 is 2.54 bits per heavy atom. The van der Waals surface area contributed by atoms with Gasteiger partial charge in [0.1, 0.15) is 18.0 Å². The van der Waals surface area contributed by atoms with E-state index in [2.05, 4.69) is 5.32 Å². The van der Waals surface area contributed by atoms with Gasteiger partial charge in [-0.1, -0.05) is 0 Å². The van der Waals surface area contributed by atoms with Crippen LogP contribution < -0.4 is 15.8 Å². The number of benzene rings is 2. The number of hydrogen-bond acceptors (Lipinski definition) is 6. The molecule has 0 fully saturated rings. The third-order valence-corrected chi connectivity index (χ3v) is 3.59. The van der Waals surface area contributed by atoms with Gasteiger partial charge >= 0.3 is 6.18 Å². The van der Waals surface area contributed by atoms with Crippen molar-refractivity contribution in [1.82, 2.24) is 0 Å². The second-order valence-electron chi connectivity index (χ2n) is 5.53. The van der Waals surface area contributed by atoms with Crippen LogP contribution in [-0.2, 0) is 10.9 Å². The summed E-state index contributed by atoms with van der Waals surface area (Å²) in [5.74, 6) is -0.873. The number of nitrogens with one attached hydrogen (secondary N) is 1. The van der Waals surface area contributed by atoms with E-state index in [1.54, 1.807) is 0 Å². The normalized spacial score (nSPS) is 11.1. The highest BCUT2D eigenvalue weighted by Gasteiger charge is 2.31. The lowest BCUT2D eigenvalue weighted by Gasteiger charge is -2.15. The van der Waals surface area contributed by atoms with Crippen LogP contribution in [0.15, 0.2) is 36.4 Å². The summed E-state index contributed by atoms with van der Waals surface area (Å²) < 4.78 is 49.1. The molecule has 2 aromatic carbocycles. The maximum atomic E-state index is 13.0. The van der Waals surface area contributed by atoms with Gasteiger partial charge in [0.2, 0.25) is 0 Å². The molecule has 3 N–H and O–H groups in total. The Morgan fingerprint density at radius 2 is 1.93 bits per heavy atom. The number of halogens is 3. The van der Waals surface area contributed by atoms with E-state index in [-0.39, 0.29) is 35.9 Å². The van der Waals surface area contributed by atoms with Crippen LogP contribution in [0.2, 0.25) is 0 Å². The number of hydrogen-bond donors (Lipinski definition) is 2. The van der Waals surface area contributed by atoms with Crippen molar-refractivity contribution >= 4 is 23.0 Å². The number of nitro benzene ring substituents is 1. The Labute approximate surface area is 157 Å². The van der Waals surface area contributed by atoms with E-state index in [9.17, 15) is 28.1 Å². The lowest BCUT2D eigenvalue weighted by atomic mass is 10.1. The number of rotatable bonds is 7. The maximum Gasteiger partial charge on any atom is 0.416 e. The Kier molecular flexibility index (Phi) is 6.41. The fourth-order valence-electron chi connectivity index (χ4n) is 2.20. The lowest BCUT2D eigenvalue weighted by Crippen LogP contribution is -2.15. The molecule has 0 aliphatic heterocycles. The molecule has 0 heterocycles. The van der Waals surface area contributed by atoms with Gasteiger partial charge < -0.3 is 20.5 Å². The summed E-state index contributed by atoms with van der Waals surface area (Å²) in [4.78, 5) is 22.6. The minimum atomic E-state index is -4.63. The maximum absolute atomic E-state index is 13.0. The van der Waals surface area contributed by atoms with Crippen molar-refractivity contribution in [3.05, 3.63) is 57.6 Å². The van der Waals surface area contributed by atoms with E-state index in [1.807, 2.05) is 0 Å². The summed E-state index contributed by atoms with van der Waals surface area (Å²) in [7, 11) is 1.42. The van der Waals surface area contributed by atoms with Gasteiger partial charge in [-0.25, -0.2) is 0 Å². The molecule has 11 heteroatoms. The standard InChI is InChI=1S/C17H16F3N3O5/c1-27-6-7-28-15-5-3-11(17(18,19)20)9-13(15)22-16(24)10-2-4-12(21)14(8-10)23(25)26/h2-5,8-9H,6-7,21H2,1H3,(H,22,24). The van der Waals surface area contributed by atoms with Crippen molar-refractivity contribution in [2.45, 2.75) is 6.18 Å². The number of nitrogens with zero attached hydrogens (tertiary/aromatic N) is 1. The van der Waals surface area contributed by atoms with E-state index in [1.165, 1.54) is 13.2 Å². The van der Waals surface area contributed by atoms with E-state index >= 15 is 0 Å². The van der Waals surface area contributed by atoms with Crippen molar-refractivity contribution in [3.8, 4) is 5.75 Å². The molecule has 1 amide bonds. The largest absolute Gasteiger partial charge is 0.489 e. The number of nitro groups is 1. The molecule has 0 atom stereocenters. The third-order valence-electron chi connectivity index (χ3n) is 3.59. The number of amides is 1. The monoisotopic (exact) mass is 399 g/mol. The molecule has 2 rings (SSSR count). The molecule has 0 saturated carbocycles. The third kappa shape index (κ3) is 5.10. The first-order valence-corrected chi connectivity index (χ1v) is 7.81. The van der Waals surface area contributed by atoms with Gasteiger partial charge in [-0.05, 0) is 30.3 Å². The number of anilines is 2. The van der Waals surface area contributed by atoms with Crippen LogP contribution in [-0.4, -0.2) is 31.2 Å². The molecule has 28 heavy (non-hydrogen) atoms. The number of nitrogen functional groups attached to an aromatic ring is 1. The summed E-state index contributed by atoms with van der Waals surface area (Å²) in [6.07, 6.45) is -4.63. The summed E-state index contributed by atoms with van der Waals surface area (Å²) in [6, 6.07) is 5.91. The zero-order chi connectivity index (χ0) is 20.9. The summed E-state index contributed by atoms with van der Waals surface area (Å²) in [5, 5.41) is 13.2. The van der Waals surface area contributed by atoms with Crippen molar-refractivity contribution in [2.24, 2.45) is 0 Å². The van der Waals surface area contributed by atoms with E-state index in [0.29, 0.717) is 6.07 Å².